The molecular formula is C17H18N6O. The first kappa shape index (κ1) is 14.6. The average molecular weight is 322 g/mol. The minimum absolute atomic E-state index is 0.293. The van der Waals surface area contributed by atoms with Crippen molar-refractivity contribution in [2.75, 3.05) is 18.0 Å². The van der Waals surface area contributed by atoms with Crippen LogP contribution < -0.4 is 10.6 Å². The molecule has 1 aliphatic rings. The summed E-state index contributed by atoms with van der Waals surface area (Å²) >= 11 is 0. The van der Waals surface area contributed by atoms with E-state index in [4.69, 9.17) is 5.73 Å². The van der Waals surface area contributed by atoms with E-state index >= 15 is 0 Å². The number of hydrogen-bond acceptors (Lipinski definition) is 5. The van der Waals surface area contributed by atoms with Gasteiger partial charge in [-0.25, -0.2) is 0 Å². The van der Waals surface area contributed by atoms with E-state index < -0.39 is 5.91 Å². The van der Waals surface area contributed by atoms with Gasteiger partial charge >= 0.3 is 0 Å². The summed E-state index contributed by atoms with van der Waals surface area (Å²) < 4.78 is 2.05. The van der Waals surface area contributed by atoms with Crippen LogP contribution >= 0.6 is 0 Å². The van der Waals surface area contributed by atoms with Crippen molar-refractivity contribution in [3.8, 4) is 0 Å². The molecule has 1 fully saturated rings. The number of carbonyl (C=O) groups excluding carboxylic acids is 1. The third-order valence-electron chi connectivity index (χ3n) is 4.49. The Morgan fingerprint density at radius 3 is 3.04 bits per heavy atom. The fourth-order valence-corrected chi connectivity index (χ4v) is 3.31. The Balaban J connectivity index is 1.62. The molecule has 1 unspecified atom stereocenters. The van der Waals surface area contributed by atoms with Crippen molar-refractivity contribution in [1.29, 1.82) is 0 Å². The maximum Gasteiger partial charge on any atom is 0.267 e. The molecule has 122 valence electrons. The topological polar surface area (TPSA) is 89.4 Å². The van der Waals surface area contributed by atoms with Gasteiger partial charge in [-0.1, -0.05) is 6.07 Å². The Labute approximate surface area is 139 Å². The number of amides is 1. The number of aromatic nitrogens is 4. The molecule has 0 aliphatic carbocycles. The van der Waals surface area contributed by atoms with E-state index in [1.54, 1.807) is 12.3 Å². The van der Waals surface area contributed by atoms with Crippen molar-refractivity contribution >= 4 is 17.2 Å². The highest BCUT2D eigenvalue weighted by Gasteiger charge is 2.25. The summed E-state index contributed by atoms with van der Waals surface area (Å²) in [6.07, 6.45) is 5.76. The quantitative estimate of drug-likeness (QED) is 0.791. The number of primary amides is 1. The molecule has 24 heavy (non-hydrogen) atoms. The maximum atomic E-state index is 11.4. The van der Waals surface area contributed by atoms with Gasteiger partial charge in [0.05, 0.1) is 0 Å². The Kier molecular flexibility index (Phi) is 3.60. The van der Waals surface area contributed by atoms with Crippen molar-refractivity contribution in [3.63, 3.8) is 0 Å². The summed E-state index contributed by atoms with van der Waals surface area (Å²) in [5, 5.41) is 8.64. The predicted molar refractivity (Wildman–Crippen MR) is 89.9 cm³/mol. The van der Waals surface area contributed by atoms with E-state index in [2.05, 4.69) is 24.5 Å². The fourth-order valence-electron chi connectivity index (χ4n) is 3.31. The third-order valence-corrected chi connectivity index (χ3v) is 4.49. The first-order chi connectivity index (χ1) is 11.7. The third kappa shape index (κ3) is 2.58. The van der Waals surface area contributed by atoms with E-state index in [0.717, 1.165) is 43.1 Å². The molecule has 1 saturated heterocycles. The van der Waals surface area contributed by atoms with Gasteiger partial charge in [-0.3, -0.25) is 14.2 Å². The number of rotatable bonds is 3. The van der Waals surface area contributed by atoms with Crippen LogP contribution in [0.4, 0.5) is 5.69 Å². The smallest absolute Gasteiger partial charge is 0.267 e. The highest BCUT2D eigenvalue weighted by atomic mass is 16.1. The molecule has 1 aliphatic heterocycles. The number of fused-ring (bicyclic) bond motifs is 1. The summed E-state index contributed by atoms with van der Waals surface area (Å²) in [6, 6.07) is 9.58. The molecular weight excluding hydrogens is 304 g/mol. The Morgan fingerprint density at radius 2 is 2.17 bits per heavy atom. The zero-order chi connectivity index (χ0) is 16.5. The number of pyridine rings is 2. The molecule has 7 heteroatoms. The van der Waals surface area contributed by atoms with Gasteiger partial charge < -0.3 is 10.6 Å². The second kappa shape index (κ2) is 5.92. The highest BCUT2D eigenvalue weighted by molar-refractivity contribution is 5.91. The lowest BCUT2D eigenvalue weighted by atomic mass is 9.96. The van der Waals surface area contributed by atoms with Gasteiger partial charge in [-0.15, -0.1) is 10.2 Å². The lowest BCUT2D eigenvalue weighted by molar-refractivity contribution is 0.0995. The van der Waals surface area contributed by atoms with E-state index in [-0.39, 0.29) is 0 Å². The first-order valence-electron chi connectivity index (χ1n) is 8.03. The van der Waals surface area contributed by atoms with Crippen LogP contribution in [0.25, 0.3) is 5.65 Å². The van der Waals surface area contributed by atoms with E-state index in [0.29, 0.717) is 11.6 Å². The summed E-state index contributed by atoms with van der Waals surface area (Å²) in [4.78, 5) is 17.6. The van der Waals surface area contributed by atoms with Gasteiger partial charge in [0.15, 0.2) is 5.65 Å². The molecule has 0 bridgehead atoms. The predicted octanol–water partition coefficient (Wildman–Crippen LogP) is 1.61. The number of hydrogen-bond donors (Lipinski definition) is 1. The van der Waals surface area contributed by atoms with Crippen LogP contribution in [0.5, 0.6) is 0 Å². The van der Waals surface area contributed by atoms with Crippen LogP contribution in [-0.2, 0) is 0 Å². The molecule has 4 rings (SSSR count). The zero-order valence-corrected chi connectivity index (χ0v) is 13.2. The van der Waals surface area contributed by atoms with Gasteiger partial charge in [-0.2, -0.15) is 0 Å². The lowest BCUT2D eigenvalue weighted by Gasteiger charge is -2.33. The van der Waals surface area contributed by atoms with Crippen molar-refractivity contribution in [2.24, 2.45) is 5.73 Å². The van der Waals surface area contributed by atoms with Crippen molar-refractivity contribution in [2.45, 2.75) is 18.8 Å². The molecule has 1 atom stereocenters. The summed E-state index contributed by atoms with van der Waals surface area (Å²) in [5.74, 6) is 0.773. The minimum Gasteiger partial charge on any atom is -0.371 e. The van der Waals surface area contributed by atoms with Crippen LogP contribution in [0.3, 0.4) is 0 Å². The molecule has 0 saturated carbocycles. The molecule has 7 nitrogen and oxygen atoms in total. The molecule has 0 radical (unpaired) electrons. The van der Waals surface area contributed by atoms with Crippen molar-refractivity contribution < 1.29 is 4.79 Å². The SMILES string of the molecule is NC(=O)c1cc(N2CCCC(c3nnc4ccccn34)C2)ccn1. The lowest BCUT2D eigenvalue weighted by Crippen LogP contribution is -2.35. The fraction of sp³-hybridized carbons (Fsp3) is 0.294. The molecule has 3 aromatic heterocycles. The largest absolute Gasteiger partial charge is 0.371 e. The van der Waals surface area contributed by atoms with Crippen LogP contribution in [0.15, 0.2) is 42.7 Å². The number of nitrogens with two attached hydrogens (primary N) is 1. The minimum atomic E-state index is -0.506. The second-order valence-electron chi connectivity index (χ2n) is 6.04. The molecule has 2 N–H and O–H groups in total. The zero-order valence-electron chi connectivity index (χ0n) is 13.2. The average Bonchev–Trinajstić information content (AvgIpc) is 3.06. The van der Waals surface area contributed by atoms with Crippen LogP contribution in [0, 0.1) is 0 Å². The highest BCUT2D eigenvalue weighted by Crippen LogP contribution is 2.29. The number of anilines is 1. The summed E-state index contributed by atoms with van der Waals surface area (Å²) in [7, 11) is 0. The van der Waals surface area contributed by atoms with Gasteiger partial charge in [0.2, 0.25) is 0 Å². The molecule has 1 amide bonds. The van der Waals surface area contributed by atoms with Crippen LogP contribution in [0.1, 0.15) is 35.1 Å². The van der Waals surface area contributed by atoms with Crippen molar-refractivity contribution in [3.05, 3.63) is 54.2 Å². The second-order valence-corrected chi connectivity index (χ2v) is 6.04. The van der Waals surface area contributed by atoms with Gasteiger partial charge in [-0.05, 0) is 37.1 Å². The van der Waals surface area contributed by atoms with Gasteiger partial charge in [0.25, 0.3) is 5.91 Å². The maximum absolute atomic E-state index is 11.4. The monoisotopic (exact) mass is 322 g/mol. The standard InChI is InChI=1S/C17H18N6O/c18-16(24)14-10-13(6-7-19-14)22-8-3-4-12(11-22)17-21-20-15-5-1-2-9-23(15)17/h1-2,5-7,9-10,12H,3-4,8,11H2,(H2,18,24). The molecule has 0 aromatic carbocycles. The Bertz CT molecular complexity index is 889. The summed E-state index contributed by atoms with van der Waals surface area (Å²) in [5.41, 5.74) is 7.47. The number of nitrogens with zero attached hydrogens (tertiary/aromatic N) is 5. The normalized spacial score (nSPS) is 18.0. The Morgan fingerprint density at radius 1 is 1.25 bits per heavy atom. The molecule has 0 spiro atoms. The van der Waals surface area contributed by atoms with Crippen LogP contribution in [0.2, 0.25) is 0 Å². The van der Waals surface area contributed by atoms with E-state index in [1.807, 2.05) is 30.5 Å². The van der Waals surface area contributed by atoms with Gasteiger partial charge in [0.1, 0.15) is 11.5 Å². The number of carbonyl (C=O) groups is 1. The summed E-state index contributed by atoms with van der Waals surface area (Å²) in [6.45, 7) is 1.77. The molecule has 4 heterocycles. The molecule has 3 aromatic rings. The van der Waals surface area contributed by atoms with Gasteiger partial charge in [0, 0.05) is 37.1 Å². The number of piperidine rings is 1. The van der Waals surface area contributed by atoms with E-state index in [9.17, 15) is 4.79 Å². The Hall–Kier alpha value is -2.96. The van der Waals surface area contributed by atoms with E-state index in [1.165, 1.54) is 0 Å². The van der Waals surface area contributed by atoms with Crippen LogP contribution in [-0.4, -0.2) is 38.6 Å². The first-order valence-corrected chi connectivity index (χ1v) is 8.03. The van der Waals surface area contributed by atoms with Crippen molar-refractivity contribution in [1.82, 2.24) is 19.6 Å².